The molecule has 0 saturated carbocycles. The Labute approximate surface area is 132 Å². The van der Waals surface area contributed by atoms with E-state index in [1.165, 1.54) is 67.3 Å². The van der Waals surface area contributed by atoms with Gasteiger partial charge in [0.05, 0.1) is 5.69 Å². The number of benzene rings is 1. The van der Waals surface area contributed by atoms with Crippen LogP contribution in [0, 0.1) is 0 Å². The van der Waals surface area contributed by atoms with Gasteiger partial charge < -0.3 is 10.2 Å². The fourth-order valence-electron chi connectivity index (χ4n) is 2.81. The lowest BCUT2D eigenvalue weighted by Gasteiger charge is -2.28. The molecule has 1 aromatic carbocycles. The van der Waals surface area contributed by atoms with Crippen molar-refractivity contribution < 1.29 is 0 Å². The third-order valence-electron chi connectivity index (χ3n) is 3.96. The van der Waals surface area contributed by atoms with Crippen LogP contribution in [-0.2, 0) is 6.54 Å². The summed E-state index contributed by atoms with van der Waals surface area (Å²) in [6.45, 7) is 6.66. The lowest BCUT2D eigenvalue weighted by atomic mass is 10.1. The molecule has 1 aliphatic heterocycles. The number of halogens is 1. The van der Waals surface area contributed by atoms with E-state index in [-0.39, 0.29) is 0 Å². The van der Waals surface area contributed by atoms with Gasteiger partial charge in [-0.2, -0.15) is 0 Å². The molecule has 1 heterocycles. The Morgan fingerprint density at radius 2 is 1.80 bits per heavy atom. The van der Waals surface area contributed by atoms with Crippen LogP contribution in [0.4, 0.5) is 5.69 Å². The molecular weight excluding hydrogens is 312 g/mol. The Morgan fingerprint density at radius 3 is 2.45 bits per heavy atom. The number of hydrogen-bond donors (Lipinski definition) is 1. The van der Waals surface area contributed by atoms with Crippen molar-refractivity contribution in [3.05, 3.63) is 28.2 Å². The second kappa shape index (κ2) is 8.68. The summed E-state index contributed by atoms with van der Waals surface area (Å²) in [6.07, 6.45) is 8.02. The van der Waals surface area contributed by atoms with Crippen LogP contribution in [0.3, 0.4) is 0 Å². The molecular formula is C17H27BrN2. The highest BCUT2D eigenvalue weighted by molar-refractivity contribution is 9.10. The average molecular weight is 339 g/mol. The van der Waals surface area contributed by atoms with Crippen molar-refractivity contribution in [2.24, 2.45) is 0 Å². The first-order valence-electron chi connectivity index (χ1n) is 8.05. The molecule has 0 bridgehead atoms. The Hall–Kier alpha value is -0.540. The maximum absolute atomic E-state index is 3.77. The van der Waals surface area contributed by atoms with Gasteiger partial charge in [0, 0.05) is 24.1 Å². The molecule has 0 aliphatic carbocycles. The molecule has 0 atom stereocenters. The molecule has 20 heavy (non-hydrogen) atoms. The van der Waals surface area contributed by atoms with E-state index in [4.69, 9.17) is 0 Å². The largest absolute Gasteiger partial charge is 0.371 e. The van der Waals surface area contributed by atoms with Gasteiger partial charge in [0.15, 0.2) is 0 Å². The van der Waals surface area contributed by atoms with Crippen LogP contribution in [0.15, 0.2) is 22.7 Å². The van der Waals surface area contributed by atoms with Crippen molar-refractivity contribution in [2.75, 3.05) is 24.5 Å². The number of anilines is 1. The van der Waals surface area contributed by atoms with E-state index in [1.807, 2.05) is 0 Å². The minimum absolute atomic E-state index is 0.965. The molecule has 0 unspecified atom stereocenters. The van der Waals surface area contributed by atoms with Crippen molar-refractivity contribution >= 4 is 21.6 Å². The molecule has 1 fully saturated rings. The van der Waals surface area contributed by atoms with Crippen molar-refractivity contribution in [3.8, 4) is 0 Å². The first-order chi connectivity index (χ1) is 9.81. The molecule has 0 spiro atoms. The summed E-state index contributed by atoms with van der Waals surface area (Å²) >= 11 is 3.77. The van der Waals surface area contributed by atoms with Crippen LogP contribution in [-0.4, -0.2) is 19.6 Å². The van der Waals surface area contributed by atoms with E-state index >= 15 is 0 Å². The SMILES string of the molecule is CCCNCc1ccc(N2CCCCCCC2)c(Br)c1. The first kappa shape index (κ1) is 15.8. The molecule has 2 nitrogen and oxygen atoms in total. The summed E-state index contributed by atoms with van der Waals surface area (Å²) in [7, 11) is 0. The van der Waals surface area contributed by atoms with Gasteiger partial charge in [-0.25, -0.2) is 0 Å². The number of nitrogens with one attached hydrogen (secondary N) is 1. The van der Waals surface area contributed by atoms with E-state index in [1.54, 1.807) is 0 Å². The zero-order chi connectivity index (χ0) is 14.2. The number of hydrogen-bond acceptors (Lipinski definition) is 2. The quantitative estimate of drug-likeness (QED) is 0.781. The normalized spacial score (nSPS) is 16.8. The van der Waals surface area contributed by atoms with Gasteiger partial charge in [-0.05, 0) is 59.4 Å². The van der Waals surface area contributed by atoms with Crippen LogP contribution >= 0.6 is 15.9 Å². The van der Waals surface area contributed by atoms with Crippen molar-refractivity contribution in [1.29, 1.82) is 0 Å². The van der Waals surface area contributed by atoms with Gasteiger partial charge in [-0.3, -0.25) is 0 Å². The van der Waals surface area contributed by atoms with Crippen LogP contribution in [0.25, 0.3) is 0 Å². The molecule has 1 aliphatic rings. The lowest BCUT2D eigenvalue weighted by Crippen LogP contribution is -2.27. The highest BCUT2D eigenvalue weighted by Crippen LogP contribution is 2.29. The number of nitrogens with zero attached hydrogens (tertiary/aromatic N) is 1. The Balaban J connectivity index is 2.00. The molecule has 1 aromatic rings. The van der Waals surface area contributed by atoms with Crippen molar-refractivity contribution in [2.45, 2.75) is 52.0 Å². The lowest BCUT2D eigenvalue weighted by molar-refractivity contribution is 0.556. The third-order valence-corrected chi connectivity index (χ3v) is 4.60. The maximum atomic E-state index is 3.77. The standard InChI is InChI=1S/C17H27BrN2/c1-2-10-19-14-15-8-9-17(16(18)13-15)20-11-6-4-3-5-7-12-20/h8-9,13,19H,2-7,10-12,14H2,1H3. The monoisotopic (exact) mass is 338 g/mol. The molecule has 0 aromatic heterocycles. The number of rotatable bonds is 5. The molecule has 3 heteroatoms. The smallest absolute Gasteiger partial charge is 0.0510 e. The third kappa shape index (κ3) is 4.78. The fraction of sp³-hybridized carbons (Fsp3) is 0.647. The summed E-state index contributed by atoms with van der Waals surface area (Å²) in [5.74, 6) is 0. The average Bonchev–Trinajstić information content (AvgIpc) is 2.40. The Morgan fingerprint density at radius 1 is 1.10 bits per heavy atom. The van der Waals surface area contributed by atoms with Crippen LogP contribution in [0.1, 0.15) is 51.0 Å². The fourth-order valence-corrected chi connectivity index (χ4v) is 3.49. The van der Waals surface area contributed by atoms with Crippen LogP contribution < -0.4 is 10.2 Å². The zero-order valence-electron chi connectivity index (χ0n) is 12.6. The molecule has 2 rings (SSSR count). The summed E-state index contributed by atoms with van der Waals surface area (Å²) in [4.78, 5) is 2.55. The first-order valence-corrected chi connectivity index (χ1v) is 8.84. The summed E-state index contributed by atoms with van der Waals surface area (Å²) in [6, 6.07) is 6.83. The van der Waals surface area contributed by atoms with Gasteiger partial charge in [0.1, 0.15) is 0 Å². The minimum atomic E-state index is 0.965. The summed E-state index contributed by atoms with van der Waals surface area (Å²) < 4.78 is 1.24. The predicted molar refractivity (Wildman–Crippen MR) is 91.4 cm³/mol. The van der Waals surface area contributed by atoms with Gasteiger partial charge in [-0.15, -0.1) is 0 Å². The van der Waals surface area contributed by atoms with E-state index < -0.39 is 0 Å². The van der Waals surface area contributed by atoms with E-state index in [0.29, 0.717) is 0 Å². The summed E-state index contributed by atoms with van der Waals surface area (Å²) in [5.41, 5.74) is 2.73. The van der Waals surface area contributed by atoms with Gasteiger partial charge in [-0.1, -0.05) is 32.3 Å². The van der Waals surface area contributed by atoms with Gasteiger partial charge in [0.2, 0.25) is 0 Å². The Bertz CT molecular complexity index is 398. The van der Waals surface area contributed by atoms with E-state index in [0.717, 1.165) is 13.1 Å². The van der Waals surface area contributed by atoms with E-state index in [2.05, 4.69) is 51.3 Å². The molecule has 0 amide bonds. The van der Waals surface area contributed by atoms with Crippen LogP contribution in [0.2, 0.25) is 0 Å². The van der Waals surface area contributed by atoms with Crippen LogP contribution in [0.5, 0.6) is 0 Å². The minimum Gasteiger partial charge on any atom is -0.371 e. The maximum Gasteiger partial charge on any atom is 0.0510 e. The molecule has 0 radical (unpaired) electrons. The molecule has 112 valence electrons. The summed E-state index contributed by atoms with van der Waals surface area (Å²) in [5, 5.41) is 3.46. The van der Waals surface area contributed by atoms with Gasteiger partial charge >= 0.3 is 0 Å². The van der Waals surface area contributed by atoms with Crippen molar-refractivity contribution in [3.63, 3.8) is 0 Å². The molecule has 1 N–H and O–H groups in total. The second-order valence-electron chi connectivity index (χ2n) is 5.72. The Kier molecular flexibility index (Phi) is 6.88. The highest BCUT2D eigenvalue weighted by Gasteiger charge is 2.12. The van der Waals surface area contributed by atoms with E-state index in [9.17, 15) is 0 Å². The predicted octanol–water partition coefficient (Wildman–Crippen LogP) is 4.72. The van der Waals surface area contributed by atoms with Gasteiger partial charge in [0.25, 0.3) is 0 Å². The van der Waals surface area contributed by atoms with Crippen molar-refractivity contribution in [1.82, 2.24) is 5.32 Å². The highest BCUT2D eigenvalue weighted by atomic mass is 79.9. The second-order valence-corrected chi connectivity index (χ2v) is 6.57. The molecule has 1 saturated heterocycles. The topological polar surface area (TPSA) is 15.3 Å². The zero-order valence-corrected chi connectivity index (χ0v) is 14.2.